The van der Waals surface area contributed by atoms with Crippen molar-refractivity contribution in [1.82, 2.24) is 9.47 Å². The fourth-order valence-electron chi connectivity index (χ4n) is 6.41. The summed E-state index contributed by atoms with van der Waals surface area (Å²) in [5, 5.41) is 0.718. The summed E-state index contributed by atoms with van der Waals surface area (Å²) in [6.45, 7) is 7.67. The standard InChI is InChI=1S/C29H32N2O6/c1-16-20(11-25(33)30-13-17-10-18(15-30)21-6-5-7-24(32)31(21)14-17)28(34)36-27-19-8-9-29(2,3)37-22(19)12-23(35-4)26(16)27/h5-7,12,17-18H,8-11,13-15H2,1-4H3/t17-,18+/m0/s1. The number of aromatic nitrogens is 1. The topological polar surface area (TPSA) is 91.0 Å². The molecule has 0 aliphatic carbocycles. The van der Waals surface area contributed by atoms with Gasteiger partial charge >= 0.3 is 5.63 Å². The van der Waals surface area contributed by atoms with Crippen LogP contribution in [0.5, 0.6) is 11.5 Å². The van der Waals surface area contributed by atoms with Gasteiger partial charge in [0.25, 0.3) is 5.56 Å². The first-order valence-corrected chi connectivity index (χ1v) is 13.0. The lowest BCUT2D eigenvalue weighted by Gasteiger charge is -2.42. The Morgan fingerprint density at radius 3 is 2.78 bits per heavy atom. The van der Waals surface area contributed by atoms with E-state index in [1.54, 1.807) is 19.2 Å². The predicted octanol–water partition coefficient (Wildman–Crippen LogP) is 3.56. The molecular formula is C29H32N2O6. The van der Waals surface area contributed by atoms with Gasteiger partial charge < -0.3 is 23.4 Å². The summed E-state index contributed by atoms with van der Waals surface area (Å²) in [6, 6.07) is 7.23. The number of amides is 1. The van der Waals surface area contributed by atoms with Gasteiger partial charge in [-0.3, -0.25) is 9.59 Å². The molecule has 6 rings (SSSR count). The molecule has 0 saturated carbocycles. The predicted molar refractivity (Wildman–Crippen MR) is 139 cm³/mol. The third-order valence-corrected chi connectivity index (χ3v) is 8.32. The summed E-state index contributed by atoms with van der Waals surface area (Å²) < 4.78 is 19.6. The Morgan fingerprint density at radius 2 is 2.00 bits per heavy atom. The van der Waals surface area contributed by atoms with Crippen LogP contribution in [-0.4, -0.2) is 41.2 Å². The highest BCUT2D eigenvalue weighted by molar-refractivity contribution is 5.93. The highest BCUT2D eigenvalue weighted by atomic mass is 16.5. The zero-order valence-electron chi connectivity index (χ0n) is 21.8. The zero-order valence-corrected chi connectivity index (χ0v) is 21.8. The second-order valence-corrected chi connectivity index (χ2v) is 11.3. The van der Waals surface area contributed by atoms with Gasteiger partial charge in [-0.1, -0.05) is 6.07 Å². The van der Waals surface area contributed by atoms with E-state index < -0.39 is 5.63 Å². The number of benzene rings is 1. The van der Waals surface area contributed by atoms with Crippen LogP contribution in [0.15, 0.2) is 38.3 Å². The van der Waals surface area contributed by atoms with Crippen LogP contribution in [0.1, 0.15) is 55.0 Å². The van der Waals surface area contributed by atoms with Gasteiger partial charge in [-0.15, -0.1) is 0 Å². The Balaban J connectivity index is 1.33. The Hall–Kier alpha value is -3.55. The van der Waals surface area contributed by atoms with Gasteiger partial charge in [0.15, 0.2) is 0 Å². The van der Waals surface area contributed by atoms with E-state index in [-0.39, 0.29) is 35.3 Å². The summed E-state index contributed by atoms with van der Waals surface area (Å²) >= 11 is 0. The number of likely N-dealkylation sites (tertiary alicyclic amines) is 1. The molecule has 1 saturated heterocycles. The van der Waals surface area contributed by atoms with Crippen molar-refractivity contribution in [3.63, 3.8) is 0 Å². The number of nitrogens with zero attached hydrogens (tertiary/aromatic N) is 2. The molecule has 1 aromatic carbocycles. The number of hydrogen-bond acceptors (Lipinski definition) is 6. The number of piperidine rings is 1. The van der Waals surface area contributed by atoms with Crippen LogP contribution in [0.4, 0.5) is 0 Å². The van der Waals surface area contributed by atoms with E-state index in [4.69, 9.17) is 13.9 Å². The highest BCUT2D eigenvalue weighted by Crippen LogP contribution is 2.43. The Bertz CT molecular complexity index is 1550. The first kappa shape index (κ1) is 23.8. The smallest absolute Gasteiger partial charge is 0.340 e. The molecule has 3 aliphatic rings. The molecule has 1 amide bonds. The fourth-order valence-corrected chi connectivity index (χ4v) is 6.41. The third-order valence-electron chi connectivity index (χ3n) is 8.32. The number of carbonyl (C=O) groups excluding carboxylic acids is 1. The van der Waals surface area contributed by atoms with Crippen LogP contribution < -0.4 is 20.7 Å². The molecule has 3 aromatic rings. The van der Waals surface area contributed by atoms with Crippen LogP contribution >= 0.6 is 0 Å². The molecule has 1 fully saturated rings. The minimum atomic E-state index is -0.493. The van der Waals surface area contributed by atoms with E-state index in [1.807, 2.05) is 42.4 Å². The molecule has 0 radical (unpaired) electrons. The molecule has 8 nitrogen and oxygen atoms in total. The number of fused-ring (bicyclic) bond motifs is 7. The molecule has 0 N–H and O–H groups in total. The summed E-state index contributed by atoms with van der Waals surface area (Å²) in [5.74, 6) is 1.48. The number of hydrogen-bond donors (Lipinski definition) is 0. The van der Waals surface area contributed by atoms with Crippen molar-refractivity contribution in [2.24, 2.45) is 5.92 Å². The van der Waals surface area contributed by atoms with Crippen LogP contribution in [0, 0.1) is 12.8 Å². The lowest BCUT2D eigenvalue weighted by Crippen LogP contribution is -2.49. The molecule has 0 spiro atoms. The molecule has 2 atom stereocenters. The maximum atomic E-state index is 13.5. The number of rotatable bonds is 3. The van der Waals surface area contributed by atoms with Crippen molar-refractivity contribution >= 4 is 16.9 Å². The van der Waals surface area contributed by atoms with Gasteiger partial charge in [0.1, 0.15) is 22.7 Å². The normalized spacial score (nSPS) is 21.7. The van der Waals surface area contributed by atoms with Gasteiger partial charge in [0.2, 0.25) is 5.91 Å². The van der Waals surface area contributed by atoms with Crippen molar-refractivity contribution in [1.29, 1.82) is 0 Å². The maximum absolute atomic E-state index is 13.5. The number of methoxy groups -OCH3 is 1. The second-order valence-electron chi connectivity index (χ2n) is 11.3. The van der Waals surface area contributed by atoms with E-state index in [9.17, 15) is 14.4 Å². The second kappa shape index (κ2) is 8.50. The summed E-state index contributed by atoms with van der Waals surface area (Å²) in [7, 11) is 1.58. The highest BCUT2D eigenvalue weighted by Gasteiger charge is 2.37. The van der Waals surface area contributed by atoms with E-state index in [0.717, 1.165) is 35.9 Å². The molecule has 0 unspecified atom stereocenters. The zero-order chi connectivity index (χ0) is 26.1. The molecule has 194 valence electrons. The maximum Gasteiger partial charge on any atom is 0.340 e. The lowest BCUT2D eigenvalue weighted by atomic mass is 9.83. The molecule has 8 heteroatoms. The van der Waals surface area contributed by atoms with Crippen molar-refractivity contribution in [3.8, 4) is 11.5 Å². The third kappa shape index (κ3) is 3.93. The van der Waals surface area contributed by atoms with Crippen molar-refractivity contribution in [3.05, 3.63) is 67.4 Å². The minimum Gasteiger partial charge on any atom is -0.496 e. The summed E-state index contributed by atoms with van der Waals surface area (Å²) in [6.07, 6.45) is 2.46. The Kier molecular flexibility index (Phi) is 5.47. The average Bonchev–Trinajstić information content (AvgIpc) is 2.85. The quantitative estimate of drug-likeness (QED) is 0.507. The molecule has 2 bridgehead atoms. The van der Waals surface area contributed by atoms with E-state index in [1.165, 1.54) is 0 Å². The number of pyridine rings is 1. The van der Waals surface area contributed by atoms with Crippen LogP contribution in [-0.2, 0) is 24.2 Å². The summed E-state index contributed by atoms with van der Waals surface area (Å²) in [4.78, 5) is 40.9. The van der Waals surface area contributed by atoms with Gasteiger partial charge in [0.05, 0.1) is 24.5 Å². The van der Waals surface area contributed by atoms with Crippen molar-refractivity contribution in [2.75, 3.05) is 20.2 Å². The Morgan fingerprint density at radius 1 is 1.19 bits per heavy atom. The molecule has 2 aromatic heterocycles. The van der Waals surface area contributed by atoms with Crippen molar-refractivity contribution in [2.45, 2.75) is 64.5 Å². The van der Waals surface area contributed by atoms with Gasteiger partial charge in [0, 0.05) is 48.9 Å². The molecule has 5 heterocycles. The fraction of sp³-hybridized carbons (Fsp3) is 0.483. The van der Waals surface area contributed by atoms with Crippen LogP contribution in [0.25, 0.3) is 11.0 Å². The molecule has 37 heavy (non-hydrogen) atoms. The summed E-state index contributed by atoms with van der Waals surface area (Å²) in [5.41, 5.74) is 2.62. The van der Waals surface area contributed by atoms with Gasteiger partial charge in [-0.05, 0) is 57.6 Å². The van der Waals surface area contributed by atoms with E-state index in [2.05, 4.69) is 0 Å². The number of carbonyl (C=O) groups is 1. The molecular weight excluding hydrogens is 472 g/mol. The van der Waals surface area contributed by atoms with Gasteiger partial charge in [-0.25, -0.2) is 4.79 Å². The largest absolute Gasteiger partial charge is 0.496 e. The first-order chi connectivity index (χ1) is 17.6. The Labute approximate surface area is 214 Å². The SMILES string of the molecule is COc1cc2c(c3oc(=O)c(CC(=O)N4C[C@@H]5C[C@H](C4)c4cccc(=O)n4C5)c(C)c13)CCC(C)(C)O2. The monoisotopic (exact) mass is 504 g/mol. The first-order valence-electron chi connectivity index (χ1n) is 13.0. The number of aryl methyl sites for hydroxylation is 2. The van der Waals surface area contributed by atoms with Crippen LogP contribution in [0.3, 0.4) is 0 Å². The minimum absolute atomic E-state index is 0.0153. The number of ether oxygens (including phenoxy) is 2. The van der Waals surface area contributed by atoms with E-state index >= 15 is 0 Å². The van der Waals surface area contributed by atoms with Crippen molar-refractivity contribution < 1.29 is 18.7 Å². The lowest BCUT2D eigenvalue weighted by molar-refractivity contribution is -0.133. The average molecular weight is 505 g/mol. The van der Waals surface area contributed by atoms with E-state index in [0.29, 0.717) is 47.8 Å². The van der Waals surface area contributed by atoms with Crippen LogP contribution in [0.2, 0.25) is 0 Å². The molecule has 3 aliphatic heterocycles. The van der Waals surface area contributed by atoms with Gasteiger partial charge in [-0.2, -0.15) is 0 Å².